The van der Waals surface area contributed by atoms with Gasteiger partial charge in [-0.1, -0.05) is 28.1 Å². The average molecular weight is 334 g/mol. The molecule has 2 aromatic rings. The van der Waals surface area contributed by atoms with Crippen molar-refractivity contribution < 1.29 is 0 Å². The molecule has 20 heavy (non-hydrogen) atoms. The first-order valence-electron chi connectivity index (χ1n) is 7.13. The van der Waals surface area contributed by atoms with E-state index in [0.29, 0.717) is 0 Å². The Balaban J connectivity index is 1.93. The molecule has 3 nitrogen and oxygen atoms in total. The lowest BCUT2D eigenvalue weighted by Gasteiger charge is -2.43. The summed E-state index contributed by atoms with van der Waals surface area (Å²) in [5.74, 6) is 0. The molecule has 1 aromatic carbocycles. The van der Waals surface area contributed by atoms with Crippen LogP contribution in [0.1, 0.15) is 23.9 Å². The Morgan fingerprint density at radius 3 is 2.75 bits per heavy atom. The maximum Gasteiger partial charge on any atom is 0.0596 e. The van der Waals surface area contributed by atoms with Gasteiger partial charge >= 0.3 is 0 Å². The molecule has 0 radical (unpaired) electrons. The standard InChI is InChI=1S/C16H20BrN3/c1-3-20-15(7-12(2)19-20)9-16(10-18-11-16)13-5-4-6-14(17)8-13/h4-8,18H,3,9-11H2,1-2H3. The van der Waals surface area contributed by atoms with Gasteiger partial charge in [0.15, 0.2) is 0 Å². The second-order valence-corrected chi connectivity index (χ2v) is 6.58. The van der Waals surface area contributed by atoms with Crippen molar-refractivity contribution >= 4 is 15.9 Å². The highest BCUT2D eigenvalue weighted by Crippen LogP contribution is 2.34. The van der Waals surface area contributed by atoms with Crippen LogP contribution in [0.5, 0.6) is 0 Å². The van der Waals surface area contributed by atoms with Crippen LogP contribution in [0.25, 0.3) is 0 Å². The first kappa shape index (κ1) is 13.8. The van der Waals surface area contributed by atoms with E-state index in [1.54, 1.807) is 0 Å². The average Bonchev–Trinajstić information content (AvgIpc) is 2.74. The molecule has 0 saturated carbocycles. The predicted molar refractivity (Wildman–Crippen MR) is 85.0 cm³/mol. The van der Waals surface area contributed by atoms with Crippen molar-refractivity contribution in [2.75, 3.05) is 13.1 Å². The summed E-state index contributed by atoms with van der Waals surface area (Å²) in [4.78, 5) is 0. The van der Waals surface area contributed by atoms with Gasteiger partial charge in [-0.25, -0.2) is 0 Å². The van der Waals surface area contributed by atoms with Crippen LogP contribution in [0.4, 0.5) is 0 Å². The molecule has 106 valence electrons. The third-order valence-corrected chi connectivity index (χ3v) is 4.66. The summed E-state index contributed by atoms with van der Waals surface area (Å²) < 4.78 is 3.29. The van der Waals surface area contributed by atoms with Crippen molar-refractivity contribution in [1.82, 2.24) is 15.1 Å². The largest absolute Gasteiger partial charge is 0.315 e. The normalized spacial score (nSPS) is 16.9. The number of nitrogens with zero attached hydrogens (tertiary/aromatic N) is 2. The Kier molecular flexibility index (Phi) is 3.69. The fourth-order valence-electron chi connectivity index (χ4n) is 3.04. The van der Waals surface area contributed by atoms with Gasteiger partial charge in [-0.3, -0.25) is 4.68 Å². The number of aromatic nitrogens is 2. The smallest absolute Gasteiger partial charge is 0.0596 e. The van der Waals surface area contributed by atoms with Crippen molar-refractivity contribution in [3.05, 3.63) is 51.8 Å². The second kappa shape index (κ2) is 5.34. The van der Waals surface area contributed by atoms with Crippen LogP contribution in [0, 0.1) is 6.92 Å². The highest BCUT2D eigenvalue weighted by atomic mass is 79.9. The van der Waals surface area contributed by atoms with E-state index < -0.39 is 0 Å². The van der Waals surface area contributed by atoms with E-state index in [1.807, 2.05) is 0 Å². The molecule has 1 aromatic heterocycles. The Labute approximate surface area is 128 Å². The minimum Gasteiger partial charge on any atom is -0.315 e. The van der Waals surface area contributed by atoms with Gasteiger partial charge in [-0.05, 0) is 37.6 Å². The lowest BCUT2D eigenvalue weighted by molar-refractivity contribution is 0.268. The third-order valence-electron chi connectivity index (χ3n) is 4.17. The number of aryl methyl sites for hydroxylation is 2. The third kappa shape index (κ3) is 2.42. The van der Waals surface area contributed by atoms with Gasteiger partial charge in [-0.15, -0.1) is 0 Å². The van der Waals surface area contributed by atoms with Crippen LogP contribution >= 0.6 is 15.9 Å². The number of nitrogens with one attached hydrogen (secondary N) is 1. The molecular weight excluding hydrogens is 314 g/mol. The highest BCUT2D eigenvalue weighted by Gasteiger charge is 2.39. The molecule has 1 fully saturated rings. The molecule has 1 aliphatic rings. The molecule has 0 unspecified atom stereocenters. The van der Waals surface area contributed by atoms with Crippen LogP contribution in [0.3, 0.4) is 0 Å². The van der Waals surface area contributed by atoms with Crippen LogP contribution in [0.15, 0.2) is 34.8 Å². The summed E-state index contributed by atoms with van der Waals surface area (Å²) in [5, 5.41) is 8.01. The van der Waals surface area contributed by atoms with E-state index in [0.717, 1.165) is 36.2 Å². The van der Waals surface area contributed by atoms with Gasteiger partial charge in [-0.2, -0.15) is 5.10 Å². The van der Waals surface area contributed by atoms with Gasteiger partial charge in [0, 0.05) is 41.6 Å². The molecule has 1 N–H and O–H groups in total. The lowest BCUT2D eigenvalue weighted by atomic mass is 9.72. The second-order valence-electron chi connectivity index (χ2n) is 5.66. The van der Waals surface area contributed by atoms with Gasteiger partial charge in [0.05, 0.1) is 5.69 Å². The summed E-state index contributed by atoms with van der Waals surface area (Å²) >= 11 is 3.59. The summed E-state index contributed by atoms with van der Waals surface area (Å²) in [5.41, 5.74) is 4.07. The topological polar surface area (TPSA) is 29.9 Å². The number of hydrogen-bond donors (Lipinski definition) is 1. The van der Waals surface area contributed by atoms with Crippen molar-refractivity contribution in [3.8, 4) is 0 Å². The maximum absolute atomic E-state index is 4.57. The van der Waals surface area contributed by atoms with E-state index in [4.69, 9.17) is 0 Å². The van der Waals surface area contributed by atoms with Gasteiger partial charge in [0.1, 0.15) is 0 Å². The summed E-state index contributed by atoms with van der Waals surface area (Å²) in [6.07, 6.45) is 1.05. The molecule has 0 atom stereocenters. The Hall–Kier alpha value is -1.13. The number of benzene rings is 1. The fraction of sp³-hybridized carbons (Fsp3) is 0.438. The van der Waals surface area contributed by atoms with Crippen molar-refractivity contribution in [2.45, 2.75) is 32.2 Å². The molecule has 0 aliphatic carbocycles. The molecular formula is C16H20BrN3. The van der Waals surface area contributed by atoms with Crippen molar-refractivity contribution in [1.29, 1.82) is 0 Å². The first-order chi connectivity index (χ1) is 9.63. The van der Waals surface area contributed by atoms with Crippen LogP contribution in [-0.2, 0) is 18.4 Å². The summed E-state index contributed by atoms with van der Waals surface area (Å²) in [6.45, 7) is 7.24. The zero-order valence-corrected chi connectivity index (χ0v) is 13.6. The maximum atomic E-state index is 4.57. The lowest BCUT2D eigenvalue weighted by Crippen LogP contribution is -2.58. The fourth-order valence-corrected chi connectivity index (χ4v) is 3.44. The van der Waals surface area contributed by atoms with E-state index in [1.165, 1.54) is 11.3 Å². The first-order valence-corrected chi connectivity index (χ1v) is 7.92. The monoisotopic (exact) mass is 333 g/mol. The quantitative estimate of drug-likeness (QED) is 0.931. The van der Waals surface area contributed by atoms with Gasteiger partial charge in [0.2, 0.25) is 0 Å². The number of halogens is 1. The minimum atomic E-state index is 0.211. The Morgan fingerprint density at radius 1 is 1.35 bits per heavy atom. The minimum absolute atomic E-state index is 0.211. The molecule has 1 saturated heterocycles. The van der Waals surface area contributed by atoms with Crippen LogP contribution in [-0.4, -0.2) is 22.9 Å². The molecule has 3 rings (SSSR count). The Bertz CT molecular complexity index is 614. The number of rotatable bonds is 4. The van der Waals surface area contributed by atoms with Crippen molar-refractivity contribution in [2.24, 2.45) is 0 Å². The van der Waals surface area contributed by atoms with Crippen LogP contribution in [0.2, 0.25) is 0 Å². The van der Waals surface area contributed by atoms with Gasteiger partial charge in [0.25, 0.3) is 0 Å². The van der Waals surface area contributed by atoms with E-state index >= 15 is 0 Å². The van der Waals surface area contributed by atoms with E-state index in [9.17, 15) is 0 Å². The van der Waals surface area contributed by atoms with Crippen LogP contribution < -0.4 is 5.32 Å². The molecule has 0 amide bonds. The summed E-state index contributed by atoms with van der Waals surface area (Å²) in [7, 11) is 0. The van der Waals surface area contributed by atoms with Gasteiger partial charge < -0.3 is 5.32 Å². The zero-order valence-electron chi connectivity index (χ0n) is 12.0. The summed E-state index contributed by atoms with van der Waals surface area (Å²) in [6, 6.07) is 10.9. The molecule has 4 heteroatoms. The Morgan fingerprint density at radius 2 is 2.15 bits per heavy atom. The SMILES string of the molecule is CCn1nc(C)cc1CC1(c2cccc(Br)c2)CNC1. The highest BCUT2D eigenvalue weighted by molar-refractivity contribution is 9.10. The van der Waals surface area contributed by atoms with Crippen molar-refractivity contribution in [3.63, 3.8) is 0 Å². The molecule has 0 spiro atoms. The molecule has 2 heterocycles. The van der Waals surface area contributed by atoms with E-state index in [-0.39, 0.29) is 5.41 Å². The zero-order chi connectivity index (χ0) is 14.2. The molecule has 1 aliphatic heterocycles. The molecule has 0 bridgehead atoms. The predicted octanol–water partition coefficient (Wildman–Crippen LogP) is 3.06. The van der Waals surface area contributed by atoms with E-state index in [2.05, 4.69) is 75.2 Å². The number of hydrogen-bond acceptors (Lipinski definition) is 2.